The second kappa shape index (κ2) is 11.2. The van der Waals surface area contributed by atoms with Crippen LogP contribution in [0.4, 0.5) is 0 Å². The van der Waals surface area contributed by atoms with E-state index in [2.05, 4.69) is 5.32 Å². The van der Waals surface area contributed by atoms with Gasteiger partial charge in [0.25, 0.3) is 11.5 Å². The smallest absolute Gasteiger partial charge is 0.263 e. The summed E-state index contributed by atoms with van der Waals surface area (Å²) in [6.45, 7) is 3.65. The molecule has 0 bridgehead atoms. The van der Waals surface area contributed by atoms with Gasteiger partial charge in [0.2, 0.25) is 0 Å². The van der Waals surface area contributed by atoms with E-state index in [9.17, 15) is 14.7 Å². The summed E-state index contributed by atoms with van der Waals surface area (Å²) in [7, 11) is 3.17. The molecule has 1 amide bonds. The molecule has 0 aliphatic carbocycles. The lowest BCUT2D eigenvalue weighted by molar-refractivity contribution is 0.0668. The lowest BCUT2D eigenvalue weighted by atomic mass is 10.1. The molecule has 1 aromatic heterocycles. The van der Waals surface area contributed by atoms with Crippen LogP contribution in [0.2, 0.25) is 0 Å². The Bertz CT molecular complexity index is 963. The van der Waals surface area contributed by atoms with Crippen molar-refractivity contribution in [2.45, 2.75) is 25.9 Å². The normalized spacial score (nSPS) is 15.9. The molecule has 1 aliphatic heterocycles. The Morgan fingerprint density at radius 3 is 2.65 bits per heavy atom. The first-order valence-corrected chi connectivity index (χ1v) is 10.0. The maximum atomic E-state index is 13.1. The number of aliphatic hydroxyl groups excluding tert-OH is 1. The van der Waals surface area contributed by atoms with Crippen LogP contribution < -0.4 is 20.3 Å². The number of hydrogen-bond donors (Lipinski definition) is 2. The molecule has 8 nitrogen and oxygen atoms in total. The molecule has 0 spiro atoms. The molecule has 1 aliphatic rings. The Labute approximate surface area is 188 Å². The number of pyridine rings is 1. The minimum Gasteiger partial charge on any atom is -0.493 e. The fraction of sp³-hybridized carbons (Fsp3) is 0.455. The molecule has 170 valence electrons. The zero-order valence-electron chi connectivity index (χ0n) is 18.1. The van der Waals surface area contributed by atoms with Crippen LogP contribution in [0.3, 0.4) is 0 Å². The van der Waals surface area contributed by atoms with Crippen molar-refractivity contribution >= 4 is 18.3 Å². The quantitative estimate of drug-likeness (QED) is 0.658. The van der Waals surface area contributed by atoms with Crippen LogP contribution in [-0.4, -0.2) is 67.0 Å². The van der Waals surface area contributed by atoms with Crippen LogP contribution in [-0.2, 0) is 13.0 Å². The van der Waals surface area contributed by atoms with Crippen LogP contribution in [0.5, 0.6) is 11.5 Å². The molecular weight excluding hydrogens is 422 g/mol. The Balaban J connectivity index is 0.00000341. The number of ether oxygens (including phenoxy) is 2. The second-order valence-corrected chi connectivity index (χ2v) is 7.40. The number of halogens is 1. The number of carbonyl (C=O) groups excluding carboxylic acids is 1. The summed E-state index contributed by atoms with van der Waals surface area (Å²) in [6, 6.07) is 7.29. The van der Waals surface area contributed by atoms with Gasteiger partial charge in [0.15, 0.2) is 11.5 Å². The van der Waals surface area contributed by atoms with Crippen LogP contribution in [0.1, 0.15) is 21.5 Å². The molecule has 1 atom stereocenters. The first-order chi connectivity index (χ1) is 14.5. The van der Waals surface area contributed by atoms with E-state index < -0.39 is 0 Å². The summed E-state index contributed by atoms with van der Waals surface area (Å²) in [5.41, 5.74) is 1.57. The van der Waals surface area contributed by atoms with E-state index in [0.717, 1.165) is 5.56 Å². The summed E-state index contributed by atoms with van der Waals surface area (Å²) in [6.07, 6.45) is 2.33. The van der Waals surface area contributed by atoms with Gasteiger partial charge in [-0.05, 0) is 42.7 Å². The highest BCUT2D eigenvalue weighted by Crippen LogP contribution is 2.27. The van der Waals surface area contributed by atoms with Crippen LogP contribution >= 0.6 is 12.4 Å². The van der Waals surface area contributed by atoms with Crippen molar-refractivity contribution in [3.8, 4) is 11.5 Å². The molecule has 9 heteroatoms. The van der Waals surface area contributed by atoms with Gasteiger partial charge in [-0.15, -0.1) is 12.4 Å². The third kappa shape index (κ3) is 5.58. The third-order valence-corrected chi connectivity index (χ3v) is 5.44. The SMILES string of the molecule is COc1ccc(CCn2ccc(C)c(C(=O)N3CCNC(CO)C3)c2=O)cc1OC.Cl. The first-order valence-electron chi connectivity index (χ1n) is 10.0. The summed E-state index contributed by atoms with van der Waals surface area (Å²) in [5.74, 6) is 1.01. The molecule has 1 aromatic carbocycles. The highest BCUT2D eigenvalue weighted by molar-refractivity contribution is 5.95. The van der Waals surface area contributed by atoms with E-state index in [4.69, 9.17) is 9.47 Å². The lowest BCUT2D eigenvalue weighted by Crippen LogP contribution is -2.54. The number of amides is 1. The molecule has 2 N–H and O–H groups in total. The van der Waals surface area contributed by atoms with Crippen LogP contribution in [0.25, 0.3) is 0 Å². The van der Waals surface area contributed by atoms with Gasteiger partial charge in [0, 0.05) is 38.4 Å². The number of hydrogen-bond acceptors (Lipinski definition) is 6. The number of benzene rings is 1. The van der Waals surface area contributed by atoms with Gasteiger partial charge in [0.05, 0.1) is 20.8 Å². The largest absolute Gasteiger partial charge is 0.493 e. The Hall–Kier alpha value is -2.55. The fourth-order valence-corrected chi connectivity index (χ4v) is 3.68. The molecule has 31 heavy (non-hydrogen) atoms. The van der Waals surface area contributed by atoms with Crippen molar-refractivity contribution in [2.24, 2.45) is 0 Å². The van der Waals surface area contributed by atoms with Crippen molar-refractivity contribution in [3.05, 3.63) is 57.5 Å². The summed E-state index contributed by atoms with van der Waals surface area (Å²) >= 11 is 0. The zero-order valence-corrected chi connectivity index (χ0v) is 18.9. The van der Waals surface area contributed by atoms with Gasteiger partial charge in [0.1, 0.15) is 5.56 Å². The number of nitrogens with zero attached hydrogens (tertiary/aromatic N) is 2. The first kappa shape index (κ1) is 24.7. The number of carbonyl (C=O) groups is 1. The standard InChI is InChI=1S/C22H29N3O5.ClH/c1-15-6-9-24(10-7-16-4-5-18(29-2)19(12-16)30-3)21(27)20(15)22(28)25-11-8-23-17(13-25)14-26;/h4-6,9,12,17,23,26H,7-8,10-11,13-14H2,1-3H3;1H. The molecule has 1 unspecified atom stereocenters. The van der Waals surface area contributed by atoms with Gasteiger partial charge in [-0.3, -0.25) is 9.59 Å². The van der Waals surface area contributed by atoms with E-state index in [-0.39, 0.29) is 42.1 Å². The molecule has 0 saturated carbocycles. The van der Waals surface area contributed by atoms with Gasteiger partial charge < -0.3 is 29.4 Å². The minimum atomic E-state index is -0.292. The van der Waals surface area contributed by atoms with Crippen LogP contribution in [0, 0.1) is 6.92 Å². The van der Waals surface area contributed by atoms with Gasteiger partial charge in [-0.1, -0.05) is 6.07 Å². The number of aromatic nitrogens is 1. The van der Waals surface area contributed by atoms with Crippen molar-refractivity contribution < 1.29 is 19.4 Å². The average Bonchev–Trinajstić information content (AvgIpc) is 2.78. The van der Waals surface area contributed by atoms with E-state index >= 15 is 0 Å². The summed E-state index contributed by atoms with van der Waals surface area (Å²) < 4.78 is 12.2. The summed E-state index contributed by atoms with van der Waals surface area (Å²) in [4.78, 5) is 27.8. The predicted octanol–water partition coefficient (Wildman–Crippen LogP) is 1.24. The number of aryl methyl sites for hydroxylation is 3. The number of aliphatic hydroxyl groups is 1. The predicted molar refractivity (Wildman–Crippen MR) is 121 cm³/mol. The lowest BCUT2D eigenvalue weighted by Gasteiger charge is -2.33. The zero-order chi connectivity index (χ0) is 21.7. The molecule has 0 radical (unpaired) electrons. The van der Waals surface area contributed by atoms with E-state index in [1.54, 1.807) is 42.9 Å². The van der Waals surface area contributed by atoms with E-state index in [0.29, 0.717) is 49.7 Å². The Kier molecular flexibility index (Phi) is 8.91. The van der Waals surface area contributed by atoms with Crippen molar-refractivity contribution in [1.82, 2.24) is 14.8 Å². The van der Waals surface area contributed by atoms with Gasteiger partial charge in [-0.2, -0.15) is 0 Å². The van der Waals surface area contributed by atoms with Gasteiger partial charge in [-0.25, -0.2) is 0 Å². The molecular formula is C22H30ClN3O5. The number of rotatable bonds is 7. The highest BCUT2D eigenvalue weighted by atomic mass is 35.5. The molecule has 2 heterocycles. The van der Waals surface area contributed by atoms with Crippen LogP contribution in [0.15, 0.2) is 35.3 Å². The maximum Gasteiger partial charge on any atom is 0.263 e. The van der Waals surface area contributed by atoms with Crippen molar-refractivity contribution in [3.63, 3.8) is 0 Å². The highest BCUT2D eigenvalue weighted by Gasteiger charge is 2.26. The average molecular weight is 452 g/mol. The number of methoxy groups -OCH3 is 2. The molecule has 2 aromatic rings. The monoisotopic (exact) mass is 451 g/mol. The van der Waals surface area contributed by atoms with E-state index in [1.807, 2.05) is 18.2 Å². The molecule has 1 fully saturated rings. The fourth-order valence-electron chi connectivity index (χ4n) is 3.68. The van der Waals surface area contributed by atoms with E-state index in [1.165, 1.54) is 0 Å². The topological polar surface area (TPSA) is 93.0 Å². The molecule has 3 rings (SSSR count). The number of piperazine rings is 1. The minimum absolute atomic E-state index is 0. The second-order valence-electron chi connectivity index (χ2n) is 7.40. The summed E-state index contributed by atoms with van der Waals surface area (Å²) in [5, 5.41) is 12.5. The number of nitrogens with one attached hydrogen (secondary N) is 1. The van der Waals surface area contributed by atoms with Crippen molar-refractivity contribution in [1.29, 1.82) is 0 Å². The molecule has 1 saturated heterocycles. The third-order valence-electron chi connectivity index (χ3n) is 5.44. The Morgan fingerprint density at radius 1 is 1.23 bits per heavy atom. The maximum absolute atomic E-state index is 13.1. The Morgan fingerprint density at radius 2 is 1.97 bits per heavy atom. The van der Waals surface area contributed by atoms with Crippen molar-refractivity contribution in [2.75, 3.05) is 40.5 Å². The van der Waals surface area contributed by atoms with Gasteiger partial charge >= 0.3 is 0 Å².